The summed E-state index contributed by atoms with van der Waals surface area (Å²) in [5, 5.41) is 0.758. The van der Waals surface area contributed by atoms with Crippen LogP contribution in [0.15, 0.2) is 57.7 Å². The zero-order valence-corrected chi connectivity index (χ0v) is 15.9. The number of carbonyl (C=O) groups is 1. The Bertz CT molecular complexity index is 1270. The molecular weight excluding hydrogens is 354 g/mol. The number of rotatable bonds is 3. The zero-order chi connectivity index (χ0) is 19.8. The lowest BCUT2D eigenvalue weighted by molar-refractivity contribution is 0.0471. The fraction of sp³-hybridized carbons (Fsp3) is 0.174. The molecule has 0 N–H and O–H groups in total. The van der Waals surface area contributed by atoms with Gasteiger partial charge < -0.3 is 9.15 Å². The molecule has 4 aromatic rings. The van der Waals surface area contributed by atoms with Gasteiger partial charge in [-0.05, 0) is 49.6 Å². The molecule has 5 nitrogen and oxygen atoms in total. The summed E-state index contributed by atoms with van der Waals surface area (Å²) in [6.45, 7) is 5.68. The first-order valence-electron chi connectivity index (χ1n) is 9.00. The molecule has 2 heterocycles. The second-order valence-electron chi connectivity index (χ2n) is 6.93. The fourth-order valence-corrected chi connectivity index (χ4v) is 3.33. The highest BCUT2D eigenvalue weighted by atomic mass is 16.5. The number of esters is 1. The van der Waals surface area contributed by atoms with Crippen LogP contribution in [-0.2, 0) is 11.3 Å². The number of hydrogen-bond acceptors (Lipinski definition) is 5. The van der Waals surface area contributed by atoms with Gasteiger partial charge in [-0.3, -0.25) is 4.79 Å². The van der Waals surface area contributed by atoms with Crippen LogP contribution in [0.25, 0.3) is 22.1 Å². The quantitative estimate of drug-likeness (QED) is 0.387. The van der Waals surface area contributed by atoms with Crippen LogP contribution in [-0.4, -0.2) is 11.0 Å². The predicted octanol–water partition coefficient (Wildman–Crippen LogP) is 4.62. The van der Waals surface area contributed by atoms with Gasteiger partial charge in [0.25, 0.3) is 0 Å². The molecule has 0 unspecified atom stereocenters. The Labute approximate surface area is 161 Å². The standard InChI is InChI=1S/C23H19NO4/c1-13-9-14(2)21-18(10-13)20(25)19-11-17(15(3)24-22(19)28-21)23(26)27-12-16-7-5-4-6-8-16/h4-11H,12H2,1-3H3. The predicted molar refractivity (Wildman–Crippen MR) is 108 cm³/mol. The van der Waals surface area contributed by atoms with Crippen LogP contribution >= 0.6 is 0 Å². The Hall–Kier alpha value is -3.47. The maximum absolute atomic E-state index is 13.0. The summed E-state index contributed by atoms with van der Waals surface area (Å²) in [5.41, 5.74) is 4.00. The number of fused-ring (bicyclic) bond motifs is 2. The summed E-state index contributed by atoms with van der Waals surface area (Å²) in [6, 6.07) is 14.7. The van der Waals surface area contributed by atoms with Gasteiger partial charge in [0.1, 0.15) is 12.2 Å². The van der Waals surface area contributed by atoms with E-state index in [9.17, 15) is 9.59 Å². The summed E-state index contributed by atoms with van der Waals surface area (Å²) >= 11 is 0. The van der Waals surface area contributed by atoms with Crippen LogP contribution < -0.4 is 5.43 Å². The van der Waals surface area contributed by atoms with Crippen molar-refractivity contribution in [3.63, 3.8) is 0 Å². The van der Waals surface area contributed by atoms with Crippen LogP contribution in [0.3, 0.4) is 0 Å². The second kappa shape index (κ2) is 6.93. The maximum atomic E-state index is 13.0. The SMILES string of the molecule is Cc1cc(C)c2oc3nc(C)c(C(=O)OCc4ccccc4)cc3c(=O)c2c1. The number of carbonyl (C=O) groups excluding carboxylic acids is 1. The van der Waals surface area contributed by atoms with Gasteiger partial charge in [-0.25, -0.2) is 9.78 Å². The Kier molecular flexibility index (Phi) is 4.43. The van der Waals surface area contributed by atoms with Gasteiger partial charge in [-0.1, -0.05) is 36.4 Å². The van der Waals surface area contributed by atoms with Gasteiger partial charge >= 0.3 is 5.97 Å². The van der Waals surface area contributed by atoms with E-state index in [4.69, 9.17) is 9.15 Å². The average molecular weight is 373 g/mol. The molecule has 0 aliphatic carbocycles. The summed E-state index contributed by atoms with van der Waals surface area (Å²) in [4.78, 5) is 29.9. The van der Waals surface area contributed by atoms with E-state index in [1.54, 1.807) is 13.0 Å². The number of pyridine rings is 1. The molecule has 0 amide bonds. The van der Waals surface area contributed by atoms with E-state index in [0.29, 0.717) is 16.7 Å². The maximum Gasteiger partial charge on any atom is 0.340 e. The molecule has 0 saturated carbocycles. The zero-order valence-electron chi connectivity index (χ0n) is 15.9. The van der Waals surface area contributed by atoms with Crippen LogP contribution in [0.1, 0.15) is 32.7 Å². The van der Waals surface area contributed by atoms with Crippen molar-refractivity contribution in [1.29, 1.82) is 0 Å². The first-order chi connectivity index (χ1) is 13.4. The van der Waals surface area contributed by atoms with Crippen molar-refractivity contribution in [2.45, 2.75) is 27.4 Å². The van der Waals surface area contributed by atoms with E-state index in [2.05, 4.69) is 4.98 Å². The summed E-state index contributed by atoms with van der Waals surface area (Å²) in [7, 11) is 0. The molecule has 5 heteroatoms. The molecule has 0 atom stereocenters. The minimum Gasteiger partial charge on any atom is -0.457 e. The largest absolute Gasteiger partial charge is 0.457 e. The number of hydrogen-bond donors (Lipinski definition) is 0. The molecule has 2 aromatic heterocycles. The molecular formula is C23H19NO4. The van der Waals surface area contributed by atoms with E-state index in [1.807, 2.05) is 50.2 Å². The number of benzene rings is 2. The minimum atomic E-state index is -0.518. The number of aryl methyl sites for hydroxylation is 3. The van der Waals surface area contributed by atoms with Crippen LogP contribution in [0, 0.1) is 20.8 Å². The molecule has 2 aromatic carbocycles. The van der Waals surface area contributed by atoms with Crippen LogP contribution in [0.2, 0.25) is 0 Å². The smallest absolute Gasteiger partial charge is 0.340 e. The highest BCUT2D eigenvalue weighted by molar-refractivity contribution is 5.96. The minimum absolute atomic E-state index is 0.155. The van der Waals surface area contributed by atoms with Crippen molar-refractivity contribution in [1.82, 2.24) is 4.98 Å². The van der Waals surface area contributed by atoms with E-state index in [1.165, 1.54) is 6.07 Å². The Morgan fingerprint density at radius 3 is 2.54 bits per heavy atom. The number of nitrogens with zero attached hydrogens (tertiary/aromatic N) is 1. The molecule has 0 aliphatic heterocycles. The topological polar surface area (TPSA) is 69.4 Å². The molecule has 0 bridgehead atoms. The van der Waals surface area contributed by atoms with Crippen molar-refractivity contribution >= 4 is 28.0 Å². The number of ether oxygens (including phenoxy) is 1. The normalized spacial score (nSPS) is 11.1. The van der Waals surface area contributed by atoms with E-state index >= 15 is 0 Å². The summed E-state index contributed by atoms with van der Waals surface area (Å²) < 4.78 is 11.3. The molecule has 0 fully saturated rings. The highest BCUT2D eigenvalue weighted by Gasteiger charge is 2.18. The lowest BCUT2D eigenvalue weighted by Gasteiger charge is -2.09. The van der Waals surface area contributed by atoms with E-state index < -0.39 is 5.97 Å². The third kappa shape index (κ3) is 3.16. The van der Waals surface area contributed by atoms with Crippen LogP contribution in [0.5, 0.6) is 0 Å². The van der Waals surface area contributed by atoms with Crippen molar-refractivity contribution in [3.8, 4) is 0 Å². The van der Waals surface area contributed by atoms with E-state index in [-0.39, 0.29) is 28.7 Å². The van der Waals surface area contributed by atoms with Gasteiger partial charge in [0.15, 0.2) is 0 Å². The van der Waals surface area contributed by atoms with Crippen molar-refractivity contribution in [2.75, 3.05) is 0 Å². The molecule has 0 saturated heterocycles. The van der Waals surface area contributed by atoms with Gasteiger partial charge in [0.05, 0.1) is 22.0 Å². The second-order valence-corrected chi connectivity index (χ2v) is 6.93. The highest BCUT2D eigenvalue weighted by Crippen LogP contribution is 2.23. The first kappa shape index (κ1) is 17.9. The monoisotopic (exact) mass is 373 g/mol. The Morgan fingerprint density at radius 1 is 1.04 bits per heavy atom. The molecule has 140 valence electrons. The van der Waals surface area contributed by atoms with Gasteiger partial charge in [-0.2, -0.15) is 0 Å². The van der Waals surface area contributed by atoms with Crippen molar-refractivity contribution in [3.05, 3.63) is 86.7 Å². The summed E-state index contributed by atoms with van der Waals surface area (Å²) in [5.74, 6) is -0.518. The molecule has 0 spiro atoms. The lowest BCUT2D eigenvalue weighted by atomic mass is 10.1. The summed E-state index contributed by atoms with van der Waals surface area (Å²) in [6.07, 6.45) is 0. The molecule has 28 heavy (non-hydrogen) atoms. The third-order valence-electron chi connectivity index (χ3n) is 4.72. The Morgan fingerprint density at radius 2 is 1.79 bits per heavy atom. The van der Waals surface area contributed by atoms with Gasteiger partial charge in [0.2, 0.25) is 11.1 Å². The average Bonchev–Trinajstić information content (AvgIpc) is 2.68. The van der Waals surface area contributed by atoms with E-state index in [0.717, 1.165) is 16.7 Å². The lowest BCUT2D eigenvalue weighted by Crippen LogP contribution is -2.11. The Balaban J connectivity index is 1.78. The molecule has 4 rings (SSSR count). The van der Waals surface area contributed by atoms with Crippen molar-refractivity contribution < 1.29 is 13.9 Å². The molecule has 0 aliphatic rings. The van der Waals surface area contributed by atoms with Crippen LogP contribution in [0.4, 0.5) is 0 Å². The number of aromatic nitrogens is 1. The van der Waals surface area contributed by atoms with Gasteiger partial charge in [-0.15, -0.1) is 0 Å². The van der Waals surface area contributed by atoms with Crippen molar-refractivity contribution in [2.24, 2.45) is 0 Å². The van der Waals surface area contributed by atoms with Gasteiger partial charge in [0, 0.05) is 0 Å². The first-order valence-corrected chi connectivity index (χ1v) is 9.00. The molecule has 0 radical (unpaired) electrons. The fourth-order valence-electron chi connectivity index (χ4n) is 3.33. The third-order valence-corrected chi connectivity index (χ3v) is 4.72.